The van der Waals surface area contributed by atoms with Crippen LogP contribution in [-0.2, 0) is 14.4 Å². The smallest absolute Gasteiger partial charge is 0.307 e. The number of aromatic nitrogens is 3. The van der Waals surface area contributed by atoms with Crippen LogP contribution in [0.3, 0.4) is 0 Å². The Morgan fingerprint density at radius 3 is 1.51 bits per heavy atom. The van der Waals surface area contributed by atoms with Crippen molar-refractivity contribution in [3.05, 3.63) is 53.5 Å². The molecule has 0 unspecified atom stereocenters. The highest BCUT2D eigenvalue weighted by Gasteiger charge is 2.30. The molecule has 240 valence electrons. The predicted molar refractivity (Wildman–Crippen MR) is 151 cm³/mol. The highest BCUT2D eigenvalue weighted by Crippen LogP contribution is 2.19. The van der Waals surface area contributed by atoms with E-state index in [4.69, 9.17) is 48.1 Å². The number of fused-ring (bicyclic) bond motifs is 6. The summed E-state index contributed by atoms with van der Waals surface area (Å²) in [7, 11) is 0. The van der Waals surface area contributed by atoms with E-state index in [1.165, 1.54) is 0 Å². The number of carbonyl (C=O) groups excluding carboxylic acids is 6. The summed E-state index contributed by atoms with van der Waals surface area (Å²) in [5.41, 5.74) is -0.463. The third kappa shape index (κ3) is 8.70. The summed E-state index contributed by atoms with van der Waals surface area (Å²) in [5, 5.41) is 15.2. The maximum Gasteiger partial charge on any atom is 0.307 e. The van der Waals surface area contributed by atoms with Gasteiger partial charge in [0.2, 0.25) is 29.5 Å². The number of hydrogen-bond donors (Lipinski definition) is 6. The summed E-state index contributed by atoms with van der Waals surface area (Å²) >= 11 is 16.7. The number of rotatable bonds is 9. The molecule has 18 nitrogen and oxygen atoms in total. The quantitative estimate of drug-likeness (QED) is 0.155. The van der Waals surface area contributed by atoms with E-state index in [9.17, 15) is 28.8 Å². The molecule has 0 aromatic carbocycles. The van der Waals surface area contributed by atoms with Crippen LogP contribution in [0, 0.1) is 0 Å². The molecule has 0 saturated heterocycles. The fourth-order valence-corrected chi connectivity index (χ4v) is 4.04. The third-order valence-electron chi connectivity index (χ3n) is 5.97. The van der Waals surface area contributed by atoms with Gasteiger partial charge in [-0.25, -0.2) is 15.0 Å². The first-order valence-electron chi connectivity index (χ1n) is 12.9. The van der Waals surface area contributed by atoms with Crippen LogP contribution in [0.5, 0.6) is 0 Å². The lowest BCUT2D eigenvalue weighted by atomic mass is 10.2. The van der Waals surface area contributed by atoms with Crippen LogP contribution in [0.25, 0.3) is 0 Å². The summed E-state index contributed by atoms with van der Waals surface area (Å²) in [5.74, 6) is -6.11. The van der Waals surface area contributed by atoms with E-state index in [1.54, 1.807) is 0 Å². The minimum Gasteiger partial charge on any atom is -0.446 e. The molecular weight excluding hydrogens is 665 g/mol. The van der Waals surface area contributed by atoms with Crippen molar-refractivity contribution in [2.24, 2.45) is 0 Å². The van der Waals surface area contributed by atoms with Gasteiger partial charge in [0, 0.05) is 19.6 Å². The van der Waals surface area contributed by atoms with Crippen LogP contribution >= 0.6 is 34.8 Å². The second kappa shape index (κ2) is 15.4. The van der Waals surface area contributed by atoms with Gasteiger partial charge in [-0.2, -0.15) is 0 Å². The molecule has 4 rings (SSSR count). The Morgan fingerprint density at radius 2 is 1.04 bits per heavy atom. The predicted octanol–water partition coefficient (Wildman–Crippen LogP) is -0.558. The van der Waals surface area contributed by atoms with Crippen molar-refractivity contribution in [3.63, 3.8) is 0 Å². The Balaban J connectivity index is 1.73. The molecule has 4 heterocycles. The first kappa shape index (κ1) is 33.2. The van der Waals surface area contributed by atoms with Gasteiger partial charge < -0.3 is 45.2 Å². The number of carbonyl (C=O) groups is 6. The number of oxazole rings is 3. The SMILES string of the molecule is O=C(CCl)NC[C@@H]1NC(=O)c2coc(n2)[C@H](CNC(=O)CCl)NC(=O)c2coc(n2)[C@H](CNC(=O)CCl)NC(=O)c2nc1co2. The van der Waals surface area contributed by atoms with Crippen LogP contribution in [0.15, 0.2) is 32.0 Å². The van der Waals surface area contributed by atoms with Crippen molar-refractivity contribution in [1.29, 1.82) is 0 Å². The van der Waals surface area contributed by atoms with Gasteiger partial charge in [0.25, 0.3) is 17.7 Å². The molecule has 0 fully saturated rings. The van der Waals surface area contributed by atoms with Gasteiger partial charge in [-0.3, -0.25) is 28.8 Å². The van der Waals surface area contributed by atoms with Crippen molar-refractivity contribution in [2.45, 2.75) is 18.1 Å². The first-order chi connectivity index (χ1) is 21.6. The zero-order valence-corrected chi connectivity index (χ0v) is 25.1. The Kier molecular flexibility index (Phi) is 11.3. The average Bonchev–Trinajstić information content (AvgIpc) is 3.83. The third-order valence-corrected chi connectivity index (χ3v) is 6.70. The zero-order valence-electron chi connectivity index (χ0n) is 22.9. The van der Waals surface area contributed by atoms with Crippen LogP contribution in [0.2, 0.25) is 0 Å². The lowest BCUT2D eigenvalue weighted by molar-refractivity contribution is -0.119. The molecule has 21 heteroatoms. The molecule has 3 aromatic rings. The molecule has 6 amide bonds. The van der Waals surface area contributed by atoms with Gasteiger partial charge in [0.05, 0.1) is 6.04 Å². The Bertz CT molecular complexity index is 1390. The summed E-state index contributed by atoms with van der Waals surface area (Å²) in [6.07, 6.45) is 3.08. The molecule has 6 N–H and O–H groups in total. The van der Waals surface area contributed by atoms with Crippen LogP contribution < -0.4 is 31.9 Å². The topological polar surface area (TPSA) is 253 Å². The van der Waals surface area contributed by atoms with Gasteiger partial charge in [-0.05, 0) is 0 Å². The molecule has 3 aromatic heterocycles. The van der Waals surface area contributed by atoms with E-state index in [0.717, 1.165) is 18.8 Å². The van der Waals surface area contributed by atoms with Gasteiger partial charge in [0.15, 0.2) is 11.4 Å². The fourth-order valence-electron chi connectivity index (χ4n) is 3.76. The second-order valence-corrected chi connectivity index (χ2v) is 9.91. The maximum atomic E-state index is 13.1. The molecular formula is C24H24Cl3N9O9. The highest BCUT2D eigenvalue weighted by molar-refractivity contribution is 6.27. The molecule has 45 heavy (non-hydrogen) atoms. The summed E-state index contributed by atoms with van der Waals surface area (Å²) < 4.78 is 16.2. The van der Waals surface area contributed by atoms with E-state index < -0.39 is 59.5 Å². The van der Waals surface area contributed by atoms with Crippen LogP contribution in [-0.4, -0.2) is 87.7 Å². The van der Waals surface area contributed by atoms with E-state index in [2.05, 4.69) is 46.9 Å². The van der Waals surface area contributed by atoms with Gasteiger partial charge in [-0.1, -0.05) is 0 Å². The monoisotopic (exact) mass is 687 g/mol. The van der Waals surface area contributed by atoms with Gasteiger partial charge >= 0.3 is 5.91 Å². The lowest BCUT2D eigenvalue weighted by Gasteiger charge is -2.17. The van der Waals surface area contributed by atoms with Crippen molar-refractivity contribution >= 4 is 70.2 Å². The van der Waals surface area contributed by atoms with E-state index in [0.29, 0.717) is 0 Å². The molecule has 6 bridgehead atoms. The van der Waals surface area contributed by atoms with Gasteiger partial charge in [-0.15, -0.1) is 34.8 Å². The largest absolute Gasteiger partial charge is 0.446 e. The van der Waals surface area contributed by atoms with Gasteiger partial charge in [0.1, 0.15) is 54.2 Å². The number of halogens is 3. The number of nitrogens with one attached hydrogen (secondary N) is 6. The Labute approximate surface area is 267 Å². The van der Waals surface area contributed by atoms with E-state index in [-0.39, 0.29) is 66.1 Å². The number of alkyl halides is 3. The minimum absolute atomic E-state index is 0.0348. The molecule has 3 atom stereocenters. The molecule has 0 radical (unpaired) electrons. The molecule has 1 aliphatic rings. The maximum absolute atomic E-state index is 13.1. The Hall–Kier alpha value is -4.68. The standard InChI is InChI=1S/C24H24Cl3N9O9/c25-1-16(37)28-4-10-13-7-45-24(34-13)21(42)33-12(6-30-18(39)3-27)23-36-15(9-44-23)20(41)32-11(5-29-17(38)2-26)22-35-14(8-43-22)19(40)31-10/h7-12H,1-6H2,(H,28,37)(H,29,38)(H,30,39)(H,31,40)(H,32,41)(H,33,42)/t10-,11-,12-/m0/s1. The molecule has 0 aliphatic carbocycles. The first-order valence-corrected chi connectivity index (χ1v) is 14.5. The summed E-state index contributed by atoms with van der Waals surface area (Å²) in [6.45, 7) is -0.728. The van der Waals surface area contributed by atoms with Crippen LogP contribution in [0.1, 0.15) is 67.3 Å². The normalized spacial score (nSPS) is 18.5. The number of hydrogen-bond acceptors (Lipinski definition) is 12. The second-order valence-electron chi connectivity index (χ2n) is 9.11. The van der Waals surface area contributed by atoms with Crippen molar-refractivity contribution in [2.75, 3.05) is 37.3 Å². The molecule has 0 saturated carbocycles. The summed E-state index contributed by atoms with van der Waals surface area (Å²) in [4.78, 5) is 87.3. The lowest BCUT2D eigenvalue weighted by Crippen LogP contribution is -2.40. The van der Waals surface area contributed by atoms with Crippen molar-refractivity contribution in [3.8, 4) is 0 Å². The summed E-state index contributed by atoms with van der Waals surface area (Å²) in [6, 6.07) is -3.33. The fraction of sp³-hybridized carbons (Fsp3) is 0.375. The average molecular weight is 689 g/mol. The number of amides is 6. The highest BCUT2D eigenvalue weighted by atomic mass is 35.5. The number of nitrogens with zero attached hydrogens (tertiary/aromatic N) is 3. The molecule has 1 aliphatic heterocycles. The van der Waals surface area contributed by atoms with E-state index >= 15 is 0 Å². The van der Waals surface area contributed by atoms with E-state index in [1.807, 2.05) is 0 Å². The van der Waals surface area contributed by atoms with Crippen LogP contribution in [0.4, 0.5) is 0 Å². The zero-order chi connectivity index (χ0) is 32.5. The van der Waals surface area contributed by atoms with Crippen molar-refractivity contribution in [1.82, 2.24) is 46.9 Å². The minimum atomic E-state index is -1.15. The molecule has 0 spiro atoms. The van der Waals surface area contributed by atoms with Crippen molar-refractivity contribution < 1.29 is 42.0 Å². The Morgan fingerprint density at radius 1 is 0.622 bits per heavy atom.